The van der Waals surface area contributed by atoms with E-state index in [1.54, 1.807) is 42.7 Å². The van der Waals surface area contributed by atoms with Crippen LogP contribution >= 0.6 is 0 Å². The lowest BCUT2D eigenvalue weighted by atomic mass is 10.0. The number of ether oxygens (including phenoxy) is 1. The molecule has 7 nitrogen and oxygen atoms in total. The quantitative estimate of drug-likeness (QED) is 0.327. The largest absolute Gasteiger partial charge is 0.500 e. The van der Waals surface area contributed by atoms with Crippen LogP contribution in [0.2, 0.25) is 12.1 Å². The first-order chi connectivity index (χ1) is 14.5. The molecule has 1 aromatic carbocycles. The maximum Gasteiger partial charge on any atom is 0.500 e. The molecular formula is C21H40O7Si2. The van der Waals surface area contributed by atoms with Crippen LogP contribution in [-0.2, 0) is 50.7 Å². The van der Waals surface area contributed by atoms with Crippen LogP contribution in [-0.4, -0.2) is 66.9 Å². The summed E-state index contributed by atoms with van der Waals surface area (Å²) in [5, 5.41) is 0. The van der Waals surface area contributed by atoms with Crippen molar-refractivity contribution < 1.29 is 31.3 Å². The van der Waals surface area contributed by atoms with Gasteiger partial charge in [0.1, 0.15) is 0 Å². The Balaban J connectivity index is 2.82. The zero-order chi connectivity index (χ0) is 22.5. The summed E-state index contributed by atoms with van der Waals surface area (Å²) in [6, 6.07) is 8.30. The van der Waals surface area contributed by atoms with E-state index in [1.165, 1.54) is 16.7 Å². The standard InChI is InChI=1S/C21H40O7Si2/c1-8-28-18-21-16-19(11-9-13-29(22-2,23-3)24-4)15-20(17-21)12-10-14-30(25-5,26-6)27-7/h15-17H,8-14,18H2,1-7H3. The van der Waals surface area contributed by atoms with E-state index in [-0.39, 0.29) is 0 Å². The van der Waals surface area contributed by atoms with Crippen molar-refractivity contribution in [3.05, 3.63) is 34.9 Å². The van der Waals surface area contributed by atoms with Crippen LogP contribution in [0.15, 0.2) is 18.2 Å². The Kier molecular flexibility index (Phi) is 13.2. The van der Waals surface area contributed by atoms with E-state index >= 15 is 0 Å². The second-order valence-electron chi connectivity index (χ2n) is 7.09. The lowest BCUT2D eigenvalue weighted by Gasteiger charge is -2.24. The van der Waals surface area contributed by atoms with Crippen LogP contribution in [0.3, 0.4) is 0 Å². The van der Waals surface area contributed by atoms with E-state index in [4.69, 9.17) is 31.3 Å². The molecule has 0 saturated heterocycles. The van der Waals surface area contributed by atoms with Crippen molar-refractivity contribution in [2.24, 2.45) is 0 Å². The summed E-state index contributed by atoms with van der Waals surface area (Å²) in [5.74, 6) is 0. The second-order valence-corrected chi connectivity index (χ2v) is 13.3. The zero-order valence-electron chi connectivity index (χ0n) is 19.7. The summed E-state index contributed by atoms with van der Waals surface area (Å²) in [7, 11) is 4.87. The predicted octanol–water partition coefficient (Wildman–Crippen LogP) is 3.84. The molecular weight excluding hydrogens is 420 g/mol. The van der Waals surface area contributed by atoms with E-state index in [2.05, 4.69) is 18.2 Å². The highest BCUT2D eigenvalue weighted by atomic mass is 28.4. The monoisotopic (exact) mass is 460 g/mol. The highest BCUT2D eigenvalue weighted by molar-refractivity contribution is 6.60. The normalized spacial score (nSPS) is 12.5. The first-order valence-corrected chi connectivity index (χ1v) is 14.3. The summed E-state index contributed by atoms with van der Waals surface area (Å²) in [6.45, 7) is 3.34. The van der Waals surface area contributed by atoms with E-state index in [1.807, 2.05) is 6.92 Å². The van der Waals surface area contributed by atoms with Gasteiger partial charge in [-0.15, -0.1) is 0 Å². The Morgan fingerprint density at radius 2 is 0.967 bits per heavy atom. The predicted molar refractivity (Wildman–Crippen MR) is 122 cm³/mol. The molecule has 0 spiro atoms. The van der Waals surface area contributed by atoms with Gasteiger partial charge in [0.25, 0.3) is 0 Å². The van der Waals surface area contributed by atoms with Crippen LogP contribution in [0.4, 0.5) is 0 Å². The Morgan fingerprint density at radius 1 is 0.600 bits per heavy atom. The summed E-state index contributed by atoms with van der Waals surface area (Å²) in [4.78, 5) is 0. The van der Waals surface area contributed by atoms with Crippen LogP contribution < -0.4 is 0 Å². The van der Waals surface area contributed by atoms with E-state index in [0.717, 1.165) is 37.8 Å². The minimum atomic E-state index is -2.54. The van der Waals surface area contributed by atoms with E-state index in [0.29, 0.717) is 13.2 Å². The highest BCUT2D eigenvalue weighted by Gasteiger charge is 2.37. The molecule has 0 heterocycles. The second kappa shape index (κ2) is 14.4. The fourth-order valence-electron chi connectivity index (χ4n) is 3.56. The molecule has 0 saturated carbocycles. The van der Waals surface area contributed by atoms with Crippen LogP contribution in [0.1, 0.15) is 36.5 Å². The molecule has 0 atom stereocenters. The third-order valence-electron chi connectivity index (χ3n) is 5.35. The molecule has 1 rings (SSSR count). The fraction of sp³-hybridized carbons (Fsp3) is 0.714. The molecule has 0 N–H and O–H groups in total. The smallest absolute Gasteiger partial charge is 0.377 e. The Morgan fingerprint density at radius 3 is 1.30 bits per heavy atom. The third kappa shape index (κ3) is 8.48. The average Bonchev–Trinajstić information content (AvgIpc) is 2.79. The number of benzene rings is 1. The van der Waals surface area contributed by atoms with Gasteiger partial charge in [-0.2, -0.15) is 0 Å². The van der Waals surface area contributed by atoms with Crippen molar-refractivity contribution in [3.8, 4) is 0 Å². The van der Waals surface area contributed by atoms with Gasteiger partial charge in [-0.25, -0.2) is 0 Å². The van der Waals surface area contributed by atoms with Gasteiger partial charge in [-0.1, -0.05) is 18.2 Å². The SMILES string of the molecule is CCOCc1cc(CCC[Si](OC)(OC)OC)cc(CCC[Si](OC)(OC)OC)c1. The van der Waals surface area contributed by atoms with Crippen molar-refractivity contribution in [3.63, 3.8) is 0 Å². The Labute approximate surface area is 184 Å². The summed E-state index contributed by atoms with van der Waals surface area (Å²) < 4.78 is 38.9. The van der Waals surface area contributed by atoms with Crippen molar-refractivity contribution in [1.82, 2.24) is 0 Å². The van der Waals surface area contributed by atoms with Gasteiger partial charge >= 0.3 is 17.6 Å². The topological polar surface area (TPSA) is 64.6 Å². The molecule has 0 aliphatic rings. The molecule has 0 fully saturated rings. The van der Waals surface area contributed by atoms with Crippen LogP contribution in [0.25, 0.3) is 0 Å². The van der Waals surface area contributed by atoms with E-state index < -0.39 is 17.6 Å². The number of hydrogen-bond donors (Lipinski definition) is 0. The first kappa shape index (κ1) is 27.4. The van der Waals surface area contributed by atoms with Gasteiger partial charge in [0, 0.05) is 61.4 Å². The Hall–Kier alpha value is -0.626. The van der Waals surface area contributed by atoms with Gasteiger partial charge in [0.2, 0.25) is 0 Å². The third-order valence-corrected chi connectivity index (χ3v) is 11.0. The molecule has 0 aromatic heterocycles. The molecule has 0 aliphatic heterocycles. The van der Waals surface area contributed by atoms with Gasteiger partial charge in [0.15, 0.2) is 0 Å². The minimum Gasteiger partial charge on any atom is -0.377 e. The summed E-state index contributed by atoms with van der Waals surface area (Å²) in [6.07, 6.45) is 3.74. The molecule has 0 bridgehead atoms. The lowest BCUT2D eigenvalue weighted by Crippen LogP contribution is -2.42. The summed E-state index contributed by atoms with van der Waals surface area (Å²) >= 11 is 0. The van der Waals surface area contributed by atoms with Crippen molar-refractivity contribution in [2.45, 2.75) is 51.3 Å². The lowest BCUT2D eigenvalue weighted by molar-refractivity contribution is 0.122. The summed E-state index contributed by atoms with van der Waals surface area (Å²) in [5.41, 5.74) is 3.79. The Bertz CT molecular complexity index is 532. The fourth-order valence-corrected chi connectivity index (χ4v) is 7.01. The molecule has 0 unspecified atom stereocenters. The minimum absolute atomic E-state index is 0.622. The molecule has 0 radical (unpaired) electrons. The van der Waals surface area contributed by atoms with Crippen molar-refractivity contribution >= 4 is 17.6 Å². The van der Waals surface area contributed by atoms with Crippen LogP contribution in [0.5, 0.6) is 0 Å². The molecule has 0 aliphatic carbocycles. The van der Waals surface area contributed by atoms with Crippen LogP contribution in [0, 0.1) is 0 Å². The van der Waals surface area contributed by atoms with Gasteiger partial charge in [0.05, 0.1) is 6.61 Å². The highest BCUT2D eigenvalue weighted by Crippen LogP contribution is 2.22. The number of aryl methyl sites for hydroxylation is 2. The zero-order valence-corrected chi connectivity index (χ0v) is 21.7. The van der Waals surface area contributed by atoms with Gasteiger partial charge in [-0.3, -0.25) is 0 Å². The maximum absolute atomic E-state index is 5.65. The number of rotatable bonds is 17. The van der Waals surface area contributed by atoms with Crippen molar-refractivity contribution in [1.29, 1.82) is 0 Å². The first-order valence-electron chi connectivity index (χ1n) is 10.5. The van der Waals surface area contributed by atoms with E-state index in [9.17, 15) is 0 Å². The van der Waals surface area contributed by atoms with Crippen molar-refractivity contribution in [2.75, 3.05) is 49.3 Å². The number of hydrogen-bond acceptors (Lipinski definition) is 7. The van der Waals surface area contributed by atoms with Gasteiger partial charge in [-0.05, 0) is 49.3 Å². The molecule has 174 valence electrons. The molecule has 0 amide bonds. The molecule has 9 heteroatoms. The molecule has 1 aromatic rings. The maximum atomic E-state index is 5.65. The average molecular weight is 461 g/mol. The molecule has 30 heavy (non-hydrogen) atoms. The van der Waals surface area contributed by atoms with Gasteiger partial charge < -0.3 is 31.3 Å².